The summed E-state index contributed by atoms with van der Waals surface area (Å²) in [6.45, 7) is 0. The molecule has 0 radical (unpaired) electrons. The van der Waals surface area contributed by atoms with Crippen LogP contribution < -0.4 is 4.90 Å². The van der Waals surface area contributed by atoms with Crippen molar-refractivity contribution in [3.05, 3.63) is 193 Å². The Labute approximate surface area is 275 Å². The maximum atomic E-state index is 2.46. The van der Waals surface area contributed by atoms with Gasteiger partial charge in [0.15, 0.2) is 0 Å². The lowest BCUT2D eigenvalue weighted by molar-refractivity contribution is 0.758. The number of para-hydroxylation sites is 2. The highest BCUT2D eigenvalue weighted by Crippen LogP contribution is 2.60. The summed E-state index contributed by atoms with van der Waals surface area (Å²) in [4.78, 5) is 2.44. The average molecular weight is 598 g/mol. The number of fused-ring (bicyclic) bond motifs is 5. The van der Waals surface area contributed by atoms with Gasteiger partial charge in [0.05, 0.1) is 5.69 Å². The van der Waals surface area contributed by atoms with E-state index in [2.05, 4.69) is 181 Å². The molecule has 0 fully saturated rings. The topological polar surface area (TPSA) is 3.24 Å². The molecular formula is C46H31N. The van der Waals surface area contributed by atoms with Crippen LogP contribution in [-0.2, 0) is 0 Å². The Bertz CT molecular complexity index is 2420. The van der Waals surface area contributed by atoms with E-state index in [0.717, 1.165) is 17.1 Å². The van der Waals surface area contributed by atoms with Crippen LogP contribution in [0.1, 0.15) is 28.5 Å². The summed E-state index contributed by atoms with van der Waals surface area (Å²) in [5.41, 5.74) is 16.9. The van der Waals surface area contributed by atoms with Crippen molar-refractivity contribution in [1.82, 2.24) is 0 Å². The van der Waals surface area contributed by atoms with E-state index in [4.69, 9.17) is 0 Å². The van der Waals surface area contributed by atoms with Gasteiger partial charge in [-0.05, 0) is 91.2 Å². The van der Waals surface area contributed by atoms with Gasteiger partial charge in [0.2, 0.25) is 0 Å². The molecule has 220 valence electrons. The molecule has 3 aliphatic carbocycles. The summed E-state index contributed by atoms with van der Waals surface area (Å²) in [7, 11) is 0. The van der Waals surface area contributed by atoms with Crippen molar-refractivity contribution in [2.75, 3.05) is 4.90 Å². The third-order valence-corrected chi connectivity index (χ3v) is 10.4. The van der Waals surface area contributed by atoms with E-state index in [1.807, 2.05) is 0 Å². The Morgan fingerprint density at radius 3 is 2.09 bits per heavy atom. The minimum atomic E-state index is 0.291. The Morgan fingerprint density at radius 2 is 1.15 bits per heavy atom. The van der Waals surface area contributed by atoms with Gasteiger partial charge in [0.25, 0.3) is 0 Å². The Hall–Kier alpha value is -5.92. The van der Waals surface area contributed by atoms with E-state index < -0.39 is 0 Å². The number of allylic oxidation sites excluding steroid dienone is 4. The van der Waals surface area contributed by atoms with Crippen LogP contribution in [0.25, 0.3) is 49.7 Å². The zero-order valence-electron chi connectivity index (χ0n) is 25.8. The predicted molar refractivity (Wildman–Crippen MR) is 198 cm³/mol. The molecule has 7 aromatic carbocycles. The molecule has 2 unspecified atom stereocenters. The van der Waals surface area contributed by atoms with Gasteiger partial charge < -0.3 is 4.90 Å². The maximum absolute atomic E-state index is 2.46. The van der Waals surface area contributed by atoms with Crippen molar-refractivity contribution in [1.29, 1.82) is 0 Å². The van der Waals surface area contributed by atoms with Crippen LogP contribution in [0.15, 0.2) is 176 Å². The number of benzene rings is 7. The fourth-order valence-corrected chi connectivity index (χ4v) is 8.47. The predicted octanol–water partition coefficient (Wildman–Crippen LogP) is 12.5. The number of anilines is 3. The zero-order chi connectivity index (χ0) is 30.9. The van der Waals surface area contributed by atoms with E-state index in [-0.39, 0.29) is 0 Å². The lowest BCUT2D eigenvalue weighted by Crippen LogP contribution is -2.13. The van der Waals surface area contributed by atoms with Crippen molar-refractivity contribution in [3.63, 3.8) is 0 Å². The van der Waals surface area contributed by atoms with E-state index in [1.54, 1.807) is 0 Å². The molecule has 0 amide bonds. The van der Waals surface area contributed by atoms with Gasteiger partial charge in [-0.3, -0.25) is 0 Å². The second-order valence-corrected chi connectivity index (χ2v) is 12.8. The Morgan fingerprint density at radius 1 is 0.447 bits per heavy atom. The first-order valence-corrected chi connectivity index (χ1v) is 16.5. The lowest BCUT2D eigenvalue weighted by atomic mass is 9.73. The zero-order valence-corrected chi connectivity index (χ0v) is 25.8. The van der Waals surface area contributed by atoms with Crippen molar-refractivity contribution < 1.29 is 0 Å². The molecule has 0 aromatic heterocycles. The second kappa shape index (κ2) is 10.3. The van der Waals surface area contributed by atoms with Gasteiger partial charge >= 0.3 is 0 Å². The fourth-order valence-electron chi connectivity index (χ4n) is 8.47. The van der Waals surface area contributed by atoms with E-state index in [9.17, 15) is 0 Å². The summed E-state index contributed by atoms with van der Waals surface area (Å²) < 4.78 is 0. The smallest absolute Gasteiger partial charge is 0.0540 e. The molecule has 0 N–H and O–H groups in total. The minimum absolute atomic E-state index is 0.291. The third-order valence-electron chi connectivity index (χ3n) is 10.4. The number of hydrogen-bond donors (Lipinski definition) is 0. The average Bonchev–Trinajstić information content (AvgIpc) is 3.25. The molecule has 6 bridgehead atoms. The molecule has 0 heterocycles. The highest BCUT2D eigenvalue weighted by atomic mass is 15.1. The molecule has 47 heavy (non-hydrogen) atoms. The first-order valence-electron chi connectivity index (χ1n) is 16.5. The van der Waals surface area contributed by atoms with Crippen molar-refractivity contribution in [2.45, 2.75) is 11.8 Å². The number of hydrogen-bond acceptors (Lipinski definition) is 1. The molecule has 0 spiro atoms. The van der Waals surface area contributed by atoms with E-state index in [0.29, 0.717) is 11.8 Å². The van der Waals surface area contributed by atoms with Crippen LogP contribution in [0.4, 0.5) is 17.1 Å². The van der Waals surface area contributed by atoms with E-state index in [1.165, 1.54) is 66.4 Å². The molecule has 2 atom stereocenters. The monoisotopic (exact) mass is 597 g/mol. The van der Waals surface area contributed by atoms with Gasteiger partial charge in [0.1, 0.15) is 0 Å². The summed E-state index contributed by atoms with van der Waals surface area (Å²) in [6.07, 6.45) is 7.06. The Kier molecular flexibility index (Phi) is 5.77. The molecule has 3 aliphatic rings. The van der Waals surface area contributed by atoms with Gasteiger partial charge in [-0.2, -0.15) is 0 Å². The van der Waals surface area contributed by atoms with Crippen molar-refractivity contribution in [2.24, 2.45) is 0 Å². The van der Waals surface area contributed by atoms with Gasteiger partial charge in [-0.15, -0.1) is 0 Å². The highest BCUT2D eigenvalue weighted by Gasteiger charge is 2.40. The van der Waals surface area contributed by atoms with Crippen molar-refractivity contribution >= 4 is 33.4 Å². The number of nitrogens with zero attached hydrogens (tertiary/aromatic N) is 1. The molecule has 1 heteroatoms. The van der Waals surface area contributed by atoms with Crippen molar-refractivity contribution in [3.8, 4) is 33.4 Å². The van der Waals surface area contributed by atoms with E-state index >= 15 is 0 Å². The third kappa shape index (κ3) is 3.90. The van der Waals surface area contributed by atoms with Crippen LogP contribution in [0.3, 0.4) is 0 Å². The van der Waals surface area contributed by atoms with Crippen LogP contribution in [0.5, 0.6) is 0 Å². The summed E-state index contributed by atoms with van der Waals surface area (Å²) in [6, 6.07) is 58.2. The fraction of sp³-hybridized carbons (Fsp3) is 0.0435. The molecule has 10 rings (SSSR count). The molecule has 0 saturated carbocycles. The molecule has 7 aromatic rings. The van der Waals surface area contributed by atoms with Crippen LogP contribution >= 0.6 is 0 Å². The van der Waals surface area contributed by atoms with Gasteiger partial charge in [0, 0.05) is 28.8 Å². The number of rotatable bonds is 4. The highest BCUT2D eigenvalue weighted by molar-refractivity contribution is 6.04. The quantitative estimate of drug-likeness (QED) is 0.195. The standard InChI is InChI=1S/C46H31N/c1-2-15-31(16-3-1)47(44-26-9-8-19-37(44)34-21-10-14-30-13-4-5-17-33(30)34)32-27-28-36-40-23-12-24-41-42-25-11-22-39(46(42)43(36)29-32)35-18-6-7-20-38(35)45(40)41/h1-29,41,45H. The molecular weight excluding hydrogens is 567 g/mol. The normalized spacial score (nSPS) is 16.6. The Balaban J connectivity index is 1.25. The molecule has 1 nitrogen and oxygen atoms in total. The summed E-state index contributed by atoms with van der Waals surface area (Å²) in [5.74, 6) is 0.598. The maximum Gasteiger partial charge on any atom is 0.0540 e. The van der Waals surface area contributed by atoms with Crippen LogP contribution in [0, 0.1) is 0 Å². The lowest BCUT2D eigenvalue weighted by Gasteiger charge is -2.31. The van der Waals surface area contributed by atoms with Gasteiger partial charge in [-0.1, -0.05) is 146 Å². The SMILES string of the molecule is C1=CC2c3cccc4c3-c3cc(N(c5ccccc5)c5ccccc5-c5cccc6ccccc56)ccc3C(=C1)C2c1ccccc1-4. The second-order valence-electron chi connectivity index (χ2n) is 12.8. The van der Waals surface area contributed by atoms with Crippen LogP contribution in [-0.4, -0.2) is 0 Å². The summed E-state index contributed by atoms with van der Waals surface area (Å²) >= 11 is 0. The first-order chi connectivity index (χ1) is 23.3. The largest absolute Gasteiger partial charge is 0.310 e. The first kappa shape index (κ1) is 26.3. The van der Waals surface area contributed by atoms with Gasteiger partial charge in [-0.25, -0.2) is 0 Å². The molecule has 0 aliphatic heterocycles. The van der Waals surface area contributed by atoms with Crippen LogP contribution in [0.2, 0.25) is 0 Å². The molecule has 0 saturated heterocycles. The summed E-state index contributed by atoms with van der Waals surface area (Å²) in [5, 5.41) is 2.51. The minimum Gasteiger partial charge on any atom is -0.310 e.